The molecule has 1 aromatic carbocycles. The van der Waals surface area contributed by atoms with Gasteiger partial charge in [0.1, 0.15) is 5.82 Å². The van der Waals surface area contributed by atoms with Gasteiger partial charge in [0.25, 0.3) is 5.91 Å². The zero-order valence-electron chi connectivity index (χ0n) is 19.1. The molecule has 178 valence electrons. The van der Waals surface area contributed by atoms with Crippen LogP contribution in [0, 0.1) is 11.7 Å². The highest BCUT2D eigenvalue weighted by molar-refractivity contribution is 6.30. The number of benzene rings is 1. The first-order chi connectivity index (χ1) is 16.3. The van der Waals surface area contributed by atoms with Crippen LogP contribution in [-0.2, 0) is 0 Å². The van der Waals surface area contributed by atoms with Gasteiger partial charge in [-0.25, -0.2) is 14.4 Å². The van der Waals surface area contributed by atoms with Gasteiger partial charge in [0, 0.05) is 36.1 Å². The van der Waals surface area contributed by atoms with Crippen molar-refractivity contribution in [2.45, 2.75) is 20.3 Å². The number of nitrogens with one attached hydrogen (secondary N) is 2. The number of pyridine rings is 1. The fraction of sp³-hybridized carbons (Fsp3) is 0.250. The van der Waals surface area contributed by atoms with E-state index in [2.05, 4.69) is 25.6 Å². The van der Waals surface area contributed by atoms with Gasteiger partial charge in [-0.1, -0.05) is 31.5 Å². The summed E-state index contributed by atoms with van der Waals surface area (Å²) in [5, 5.41) is 6.26. The number of nitrogens with zero attached hydrogens (tertiary/aromatic N) is 3. The molecule has 0 unspecified atom stereocenters. The van der Waals surface area contributed by atoms with Crippen LogP contribution in [0.5, 0.6) is 5.75 Å². The number of aromatic nitrogens is 3. The van der Waals surface area contributed by atoms with Crippen LogP contribution in [0.15, 0.2) is 54.6 Å². The predicted octanol–water partition coefficient (Wildman–Crippen LogP) is 4.70. The maximum absolute atomic E-state index is 14.3. The van der Waals surface area contributed by atoms with Crippen molar-refractivity contribution in [2.75, 3.05) is 19.0 Å². The SMILES string of the molecule is COc1cnc(-c2cc(Cl)ccc2F)nc1Nc1ccncc1C(=O)NCCC(N)=CC(C)C. The quantitative estimate of drug-likeness (QED) is 0.403. The number of carbonyl (C=O) groups is 1. The van der Waals surface area contributed by atoms with E-state index in [0.717, 1.165) is 0 Å². The molecule has 0 fully saturated rings. The summed E-state index contributed by atoms with van der Waals surface area (Å²) < 4.78 is 19.7. The highest BCUT2D eigenvalue weighted by Crippen LogP contribution is 2.30. The summed E-state index contributed by atoms with van der Waals surface area (Å²) in [5.41, 5.74) is 7.55. The number of methoxy groups -OCH3 is 1. The highest BCUT2D eigenvalue weighted by Gasteiger charge is 2.17. The largest absolute Gasteiger partial charge is 0.491 e. The third kappa shape index (κ3) is 6.41. The Balaban J connectivity index is 1.84. The summed E-state index contributed by atoms with van der Waals surface area (Å²) in [6.45, 7) is 4.44. The lowest BCUT2D eigenvalue weighted by atomic mass is 10.1. The Kier molecular flexibility index (Phi) is 8.37. The van der Waals surface area contributed by atoms with Crippen LogP contribution in [0.3, 0.4) is 0 Å². The first-order valence-electron chi connectivity index (χ1n) is 10.6. The first kappa shape index (κ1) is 24.9. The van der Waals surface area contributed by atoms with Crippen molar-refractivity contribution >= 4 is 29.0 Å². The number of carbonyl (C=O) groups excluding carboxylic acids is 1. The van der Waals surface area contributed by atoms with Crippen LogP contribution < -0.4 is 21.1 Å². The predicted molar refractivity (Wildman–Crippen MR) is 131 cm³/mol. The van der Waals surface area contributed by atoms with Gasteiger partial charge in [-0.3, -0.25) is 9.78 Å². The first-order valence-corrected chi connectivity index (χ1v) is 11.0. The molecule has 0 radical (unpaired) electrons. The van der Waals surface area contributed by atoms with E-state index in [9.17, 15) is 9.18 Å². The summed E-state index contributed by atoms with van der Waals surface area (Å²) in [4.78, 5) is 25.4. The molecule has 2 heterocycles. The van der Waals surface area contributed by atoms with Gasteiger partial charge in [0.15, 0.2) is 17.4 Å². The van der Waals surface area contributed by atoms with Gasteiger partial charge in [-0.05, 0) is 30.2 Å². The smallest absolute Gasteiger partial charge is 0.254 e. The van der Waals surface area contributed by atoms with Crippen molar-refractivity contribution in [3.63, 3.8) is 0 Å². The monoisotopic (exact) mass is 484 g/mol. The van der Waals surface area contributed by atoms with E-state index in [0.29, 0.717) is 46.6 Å². The van der Waals surface area contributed by atoms with Crippen molar-refractivity contribution in [3.05, 3.63) is 71.0 Å². The Labute approximate surface area is 202 Å². The Morgan fingerprint density at radius 2 is 2.09 bits per heavy atom. The third-order valence-corrected chi connectivity index (χ3v) is 4.94. The molecule has 10 heteroatoms. The number of amides is 1. The molecular weight excluding hydrogens is 459 g/mol. The van der Waals surface area contributed by atoms with E-state index >= 15 is 0 Å². The molecule has 0 aliphatic rings. The molecule has 0 aliphatic heterocycles. The second kappa shape index (κ2) is 11.4. The number of ether oxygens (including phenoxy) is 1. The van der Waals surface area contributed by atoms with Crippen molar-refractivity contribution in [2.24, 2.45) is 11.7 Å². The summed E-state index contributed by atoms with van der Waals surface area (Å²) in [6.07, 6.45) is 6.87. The Hall–Kier alpha value is -3.72. The molecule has 0 atom stereocenters. The number of nitrogens with two attached hydrogens (primary N) is 1. The van der Waals surface area contributed by atoms with Crippen LogP contribution in [0.4, 0.5) is 15.9 Å². The second-order valence-electron chi connectivity index (χ2n) is 7.77. The normalized spacial score (nSPS) is 11.4. The van der Waals surface area contributed by atoms with Crippen LogP contribution in [0.25, 0.3) is 11.4 Å². The van der Waals surface area contributed by atoms with Crippen molar-refractivity contribution < 1.29 is 13.9 Å². The van der Waals surface area contributed by atoms with E-state index in [-0.39, 0.29) is 23.1 Å². The number of hydrogen-bond donors (Lipinski definition) is 3. The zero-order valence-corrected chi connectivity index (χ0v) is 19.9. The molecule has 0 saturated heterocycles. The van der Waals surface area contributed by atoms with E-state index in [4.69, 9.17) is 22.1 Å². The van der Waals surface area contributed by atoms with E-state index < -0.39 is 5.82 Å². The van der Waals surface area contributed by atoms with Gasteiger partial charge in [0.05, 0.1) is 30.1 Å². The van der Waals surface area contributed by atoms with Crippen LogP contribution in [0.1, 0.15) is 30.6 Å². The zero-order chi connectivity index (χ0) is 24.7. The van der Waals surface area contributed by atoms with Crippen molar-refractivity contribution in [3.8, 4) is 17.1 Å². The van der Waals surface area contributed by atoms with Gasteiger partial charge < -0.3 is 21.1 Å². The molecule has 34 heavy (non-hydrogen) atoms. The number of halogens is 2. The van der Waals surface area contributed by atoms with Gasteiger partial charge in [-0.15, -0.1) is 0 Å². The molecule has 0 bridgehead atoms. The molecular formula is C24H26ClFN6O2. The summed E-state index contributed by atoms with van der Waals surface area (Å²) >= 11 is 6.01. The number of rotatable bonds is 9. The average molecular weight is 485 g/mol. The van der Waals surface area contributed by atoms with Crippen LogP contribution in [-0.4, -0.2) is 34.5 Å². The van der Waals surface area contributed by atoms with E-state index in [1.54, 1.807) is 6.07 Å². The van der Waals surface area contributed by atoms with Gasteiger partial charge in [0.2, 0.25) is 0 Å². The molecule has 4 N–H and O–H groups in total. The summed E-state index contributed by atoms with van der Waals surface area (Å²) in [6, 6.07) is 5.75. The molecule has 8 nitrogen and oxygen atoms in total. The van der Waals surface area contributed by atoms with Crippen LogP contribution >= 0.6 is 11.6 Å². The average Bonchev–Trinajstić information content (AvgIpc) is 2.80. The molecule has 1 amide bonds. The minimum Gasteiger partial charge on any atom is -0.491 e. The number of anilines is 2. The maximum atomic E-state index is 14.3. The van der Waals surface area contributed by atoms with E-state index in [1.807, 2.05) is 19.9 Å². The topological polar surface area (TPSA) is 115 Å². The van der Waals surface area contributed by atoms with E-state index in [1.165, 1.54) is 43.9 Å². The van der Waals surface area contributed by atoms with Crippen molar-refractivity contribution in [1.82, 2.24) is 20.3 Å². The standard InChI is InChI=1S/C24H26ClFN6O2/c1-14(2)10-16(27)6-9-29-24(33)18-12-28-8-7-20(18)31-23-21(34-3)13-30-22(32-23)17-11-15(25)4-5-19(17)26/h4-5,7-8,10-14H,6,9,27H2,1-3H3,(H,29,33)(H,28,30,31,32). The van der Waals surface area contributed by atoms with Gasteiger partial charge >= 0.3 is 0 Å². The number of hydrogen-bond acceptors (Lipinski definition) is 7. The lowest BCUT2D eigenvalue weighted by molar-refractivity contribution is 0.0954. The summed E-state index contributed by atoms with van der Waals surface area (Å²) in [7, 11) is 1.46. The van der Waals surface area contributed by atoms with Gasteiger partial charge in [-0.2, -0.15) is 0 Å². The summed E-state index contributed by atoms with van der Waals surface area (Å²) in [5.74, 6) is 0.142. The Morgan fingerprint density at radius 1 is 1.29 bits per heavy atom. The van der Waals surface area contributed by atoms with Crippen LogP contribution in [0.2, 0.25) is 5.02 Å². The molecule has 3 rings (SSSR count). The fourth-order valence-corrected chi connectivity index (χ4v) is 3.32. The minimum absolute atomic E-state index is 0.107. The Morgan fingerprint density at radius 3 is 2.82 bits per heavy atom. The van der Waals surface area contributed by atoms with Crippen molar-refractivity contribution in [1.29, 1.82) is 0 Å². The lowest BCUT2D eigenvalue weighted by Gasteiger charge is -2.14. The maximum Gasteiger partial charge on any atom is 0.254 e. The Bertz CT molecular complexity index is 1200. The fourth-order valence-electron chi connectivity index (χ4n) is 3.15. The molecule has 0 spiro atoms. The molecule has 0 saturated carbocycles. The number of allylic oxidation sites excluding steroid dienone is 1. The molecule has 2 aromatic heterocycles. The third-order valence-electron chi connectivity index (χ3n) is 4.71. The minimum atomic E-state index is -0.518. The highest BCUT2D eigenvalue weighted by atomic mass is 35.5. The lowest BCUT2D eigenvalue weighted by Crippen LogP contribution is -2.26. The molecule has 3 aromatic rings. The molecule has 0 aliphatic carbocycles. The second-order valence-corrected chi connectivity index (χ2v) is 8.21.